The van der Waals surface area contributed by atoms with Crippen LogP contribution in [0, 0.1) is 5.41 Å². The van der Waals surface area contributed by atoms with Gasteiger partial charge in [0.15, 0.2) is 0 Å². The van der Waals surface area contributed by atoms with Crippen molar-refractivity contribution in [2.75, 3.05) is 13.1 Å². The number of pyridine rings is 1. The third-order valence-electron chi connectivity index (χ3n) is 7.20. The number of hydrogen-bond acceptors (Lipinski definition) is 4. The van der Waals surface area contributed by atoms with Gasteiger partial charge in [-0.3, -0.25) is 4.79 Å². The molecule has 148 valence electrons. The molecular formula is C23H25N5O. The van der Waals surface area contributed by atoms with Crippen molar-refractivity contribution in [1.82, 2.24) is 24.6 Å². The van der Waals surface area contributed by atoms with Crippen LogP contribution in [-0.4, -0.2) is 43.6 Å². The van der Waals surface area contributed by atoms with E-state index in [4.69, 9.17) is 0 Å². The molecule has 1 aliphatic heterocycles. The number of para-hydroxylation sites is 1. The van der Waals surface area contributed by atoms with E-state index in [2.05, 4.69) is 19.7 Å². The molecule has 6 rings (SSSR count). The maximum absolute atomic E-state index is 13.4. The first-order valence-corrected chi connectivity index (χ1v) is 10.8. The van der Waals surface area contributed by atoms with E-state index in [1.165, 1.54) is 38.5 Å². The minimum atomic E-state index is 0.0435. The van der Waals surface area contributed by atoms with Gasteiger partial charge in [0, 0.05) is 30.4 Å². The van der Waals surface area contributed by atoms with Crippen molar-refractivity contribution < 1.29 is 4.79 Å². The topological polar surface area (TPSA) is 63.9 Å². The molecule has 3 aliphatic rings. The predicted molar refractivity (Wildman–Crippen MR) is 110 cm³/mol. The first-order valence-electron chi connectivity index (χ1n) is 10.8. The van der Waals surface area contributed by atoms with Crippen molar-refractivity contribution in [3.8, 4) is 0 Å². The summed E-state index contributed by atoms with van der Waals surface area (Å²) in [5.41, 5.74) is 1.56. The van der Waals surface area contributed by atoms with Crippen LogP contribution < -0.4 is 0 Å². The fourth-order valence-electron chi connectivity index (χ4n) is 5.55. The van der Waals surface area contributed by atoms with Gasteiger partial charge >= 0.3 is 0 Å². The van der Waals surface area contributed by atoms with Crippen molar-refractivity contribution in [3.63, 3.8) is 0 Å². The second-order valence-electron chi connectivity index (χ2n) is 9.02. The first-order chi connectivity index (χ1) is 14.2. The minimum absolute atomic E-state index is 0.0435. The van der Waals surface area contributed by atoms with Gasteiger partial charge in [-0.2, -0.15) is 0 Å². The molecule has 0 N–H and O–H groups in total. The molecule has 6 heteroatoms. The van der Waals surface area contributed by atoms with Crippen molar-refractivity contribution in [1.29, 1.82) is 0 Å². The molecule has 0 radical (unpaired) electrons. The Morgan fingerprint density at radius 2 is 1.90 bits per heavy atom. The predicted octanol–water partition coefficient (Wildman–Crippen LogP) is 3.96. The molecule has 3 aromatic rings. The van der Waals surface area contributed by atoms with Crippen LogP contribution in [0.25, 0.3) is 10.9 Å². The standard InChI is InChI=1S/C23H25N5O/c29-22(20-10-7-16-5-1-2-6-19(16)25-20)27-13-18(23(14-27)11-3-4-12-23)21-26-24-15-28(21)17-8-9-17/h1-2,5-7,10,15,17-18H,3-4,8-9,11-14H2. The fraction of sp³-hybridized carbons (Fsp3) is 0.478. The van der Waals surface area contributed by atoms with Crippen LogP contribution >= 0.6 is 0 Å². The lowest BCUT2D eigenvalue weighted by Gasteiger charge is -2.29. The largest absolute Gasteiger partial charge is 0.336 e. The van der Waals surface area contributed by atoms with E-state index in [1.54, 1.807) is 0 Å². The molecule has 29 heavy (non-hydrogen) atoms. The van der Waals surface area contributed by atoms with Crippen molar-refractivity contribution in [2.24, 2.45) is 5.41 Å². The number of carbonyl (C=O) groups excluding carboxylic acids is 1. The average Bonchev–Trinajstić information content (AvgIpc) is 3.16. The summed E-state index contributed by atoms with van der Waals surface area (Å²) < 4.78 is 2.28. The zero-order valence-electron chi connectivity index (χ0n) is 16.5. The van der Waals surface area contributed by atoms with Gasteiger partial charge in [-0.1, -0.05) is 37.1 Å². The van der Waals surface area contributed by atoms with Gasteiger partial charge in [-0.25, -0.2) is 4.98 Å². The monoisotopic (exact) mass is 387 g/mol. The zero-order chi connectivity index (χ0) is 19.4. The van der Waals surface area contributed by atoms with Crippen molar-refractivity contribution in [2.45, 2.75) is 50.5 Å². The number of amides is 1. The highest BCUT2D eigenvalue weighted by Crippen LogP contribution is 2.54. The summed E-state index contributed by atoms with van der Waals surface area (Å²) in [6.07, 6.45) is 9.15. The second-order valence-corrected chi connectivity index (χ2v) is 9.02. The number of hydrogen-bond donors (Lipinski definition) is 0. The molecule has 1 amide bonds. The molecule has 1 atom stereocenters. The van der Waals surface area contributed by atoms with Crippen LogP contribution in [0.2, 0.25) is 0 Å². The van der Waals surface area contributed by atoms with Crippen molar-refractivity contribution in [3.05, 3.63) is 54.2 Å². The van der Waals surface area contributed by atoms with Gasteiger partial charge in [0.1, 0.15) is 17.8 Å². The molecular weight excluding hydrogens is 362 g/mol. The van der Waals surface area contributed by atoms with Gasteiger partial charge in [-0.15, -0.1) is 10.2 Å². The van der Waals surface area contributed by atoms with Gasteiger partial charge < -0.3 is 9.47 Å². The number of aromatic nitrogens is 4. The van der Waals surface area contributed by atoms with Crippen molar-refractivity contribution >= 4 is 16.8 Å². The van der Waals surface area contributed by atoms with Crippen LogP contribution in [0.5, 0.6) is 0 Å². The molecule has 2 saturated carbocycles. The Morgan fingerprint density at radius 3 is 2.72 bits per heavy atom. The van der Waals surface area contributed by atoms with E-state index in [9.17, 15) is 4.79 Å². The van der Waals surface area contributed by atoms with Crippen LogP contribution in [0.15, 0.2) is 42.7 Å². The van der Waals surface area contributed by atoms with E-state index in [-0.39, 0.29) is 17.2 Å². The number of fused-ring (bicyclic) bond motifs is 1. The third-order valence-corrected chi connectivity index (χ3v) is 7.20. The number of likely N-dealkylation sites (tertiary alicyclic amines) is 1. The molecule has 1 saturated heterocycles. The molecule has 2 aliphatic carbocycles. The number of benzene rings is 1. The molecule has 1 unspecified atom stereocenters. The highest BCUT2D eigenvalue weighted by Gasteiger charge is 2.52. The van der Waals surface area contributed by atoms with Gasteiger partial charge in [0.25, 0.3) is 5.91 Å². The number of nitrogens with zero attached hydrogens (tertiary/aromatic N) is 5. The summed E-state index contributed by atoms with van der Waals surface area (Å²) in [7, 11) is 0. The Kier molecular flexibility index (Phi) is 3.76. The molecule has 0 bridgehead atoms. The molecule has 3 fully saturated rings. The number of rotatable bonds is 3. The quantitative estimate of drug-likeness (QED) is 0.682. The van der Waals surface area contributed by atoms with Crippen LogP contribution in [0.3, 0.4) is 0 Å². The van der Waals surface area contributed by atoms with E-state index in [0.717, 1.165) is 29.8 Å². The van der Waals surface area contributed by atoms with Crippen LogP contribution in [-0.2, 0) is 0 Å². The highest BCUT2D eigenvalue weighted by molar-refractivity contribution is 5.95. The average molecular weight is 387 g/mol. The lowest BCUT2D eigenvalue weighted by atomic mass is 9.76. The molecule has 1 aromatic carbocycles. The summed E-state index contributed by atoms with van der Waals surface area (Å²) in [5.74, 6) is 1.41. The van der Waals surface area contributed by atoms with Crippen LogP contribution in [0.4, 0.5) is 0 Å². The Hall–Kier alpha value is -2.76. The van der Waals surface area contributed by atoms with Gasteiger partial charge in [-0.05, 0) is 43.2 Å². The second kappa shape index (κ2) is 6.37. The lowest BCUT2D eigenvalue weighted by molar-refractivity contribution is 0.0768. The van der Waals surface area contributed by atoms with Gasteiger partial charge in [0.2, 0.25) is 0 Å². The Labute approximate surface area is 169 Å². The lowest BCUT2D eigenvalue weighted by Crippen LogP contribution is -2.31. The normalized spacial score (nSPS) is 23.3. The summed E-state index contributed by atoms with van der Waals surface area (Å²) in [6, 6.07) is 12.4. The van der Waals surface area contributed by atoms with E-state index in [0.29, 0.717) is 11.7 Å². The Balaban J connectivity index is 1.33. The summed E-state index contributed by atoms with van der Waals surface area (Å²) in [4.78, 5) is 20.1. The zero-order valence-corrected chi connectivity index (χ0v) is 16.5. The maximum atomic E-state index is 13.4. The smallest absolute Gasteiger partial charge is 0.272 e. The molecule has 3 heterocycles. The van der Waals surface area contributed by atoms with Gasteiger partial charge in [0.05, 0.1) is 5.52 Å². The maximum Gasteiger partial charge on any atom is 0.272 e. The fourth-order valence-corrected chi connectivity index (χ4v) is 5.55. The third kappa shape index (κ3) is 2.76. The summed E-state index contributed by atoms with van der Waals surface area (Å²) in [6.45, 7) is 1.53. The summed E-state index contributed by atoms with van der Waals surface area (Å²) >= 11 is 0. The van der Waals surface area contributed by atoms with E-state index < -0.39 is 0 Å². The number of carbonyl (C=O) groups is 1. The Morgan fingerprint density at radius 1 is 1.07 bits per heavy atom. The molecule has 2 aromatic heterocycles. The first kappa shape index (κ1) is 17.1. The Bertz CT molecular complexity index is 1080. The molecule has 1 spiro atoms. The van der Waals surface area contributed by atoms with Crippen LogP contribution in [0.1, 0.15) is 66.8 Å². The SMILES string of the molecule is O=C(c1ccc2ccccc2n1)N1CC(c2nncn2C2CC2)C2(CCCC2)C1. The summed E-state index contributed by atoms with van der Waals surface area (Å²) in [5, 5.41) is 9.85. The van der Waals surface area contributed by atoms with E-state index in [1.807, 2.05) is 47.6 Å². The van der Waals surface area contributed by atoms with E-state index >= 15 is 0 Å². The highest BCUT2D eigenvalue weighted by atomic mass is 16.2. The molecule has 6 nitrogen and oxygen atoms in total. The minimum Gasteiger partial charge on any atom is -0.336 e.